The Kier molecular flexibility index (Phi) is 3.16. The number of nitrogens with one attached hydrogen (secondary N) is 1. The number of ether oxygens (including phenoxy) is 1. The highest BCUT2D eigenvalue weighted by Crippen LogP contribution is 1.85. The molecule has 0 aliphatic rings. The standard InChI is InChI=1S/C5H7NO3/c1-2-9-5(8)4(7)3-6/h6-7H,2H2,1H3. The average Bonchev–Trinajstić information content (AvgIpc) is 1.87. The van der Waals surface area contributed by atoms with Crippen molar-refractivity contribution in [1.82, 2.24) is 0 Å². The fourth-order valence-corrected chi connectivity index (χ4v) is 0.250. The molecule has 4 nitrogen and oxygen atoms in total. The van der Waals surface area contributed by atoms with Gasteiger partial charge in [-0.05, 0) is 6.92 Å². The maximum Gasteiger partial charge on any atom is 0.383 e. The molecule has 0 radical (unpaired) electrons. The predicted molar refractivity (Wildman–Crippen MR) is 30.5 cm³/mol. The summed E-state index contributed by atoms with van der Waals surface area (Å²) < 4.78 is 4.29. The Bertz CT molecular complexity index is 158. The van der Waals surface area contributed by atoms with Crippen molar-refractivity contribution in [3.63, 3.8) is 0 Å². The molecule has 0 heterocycles. The van der Waals surface area contributed by atoms with Crippen LogP contribution in [0, 0.1) is 5.41 Å². The van der Waals surface area contributed by atoms with Gasteiger partial charge < -0.3 is 9.84 Å². The van der Waals surface area contributed by atoms with Crippen LogP contribution in [-0.2, 0) is 9.53 Å². The molecule has 0 saturated carbocycles. The van der Waals surface area contributed by atoms with E-state index in [1.165, 1.54) is 5.87 Å². The van der Waals surface area contributed by atoms with Gasteiger partial charge in [-0.2, -0.15) is 0 Å². The molecule has 4 heteroatoms. The lowest BCUT2D eigenvalue weighted by Gasteiger charge is -1.94. The Morgan fingerprint density at radius 3 is 2.78 bits per heavy atom. The molecule has 0 aromatic rings. The van der Waals surface area contributed by atoms with Crippen LogP contribution in [0.2, 0.25) is 0 Å². The summed E-state index contributed by atoms with van der Waals surface area (Å²) in [7, 11) is 0. The molecule has 0 bridgehead atoms. The minimum atomic E-state index is -0.910. The monoisotopic (exact) mass is 129 g/mol. The Balaban J connectivity index is 3.89. The van der Waals surface area contributed by atoms with Crippen molar-refractivity contribution in [3.8, 4) is 0 Å². The summed E-state index contributed by atoms with van der Waals surface area (Å²) in [6.45, 7) is 1.79. The van der Waals surface area contributed by atoms with E-state index in [-0.39, 0.29) is 6.61 Å². The van der Waals surface area contributed by atoms with Crippen LogP contribution in [0.4, 0.5) is 0 Å². The first-order valence-corrected chi connectivity index (χ1v) is 2.38. The van der Waals surface area contributed by atoms with E-state index in [1.54, 1.807) is 6.92 Å². The maximum atomic E-state index is 10.3. The minimum absolute atomic E-state index is 0.185. The lowest BCUT2D eigenvalue weighted by molar-refractivity contribution is -0.141. The van der Waals surface area contributed by atoms with Crippen molar-refractivity contribution in [2.45, 2.75) is 6.92 Å². The minimum Gasteiger partial charge on any atom is -0.495 e. The molecule has 0 aromatic heterocycles. The van der Waals surface area contributed by atoms with Crippen molar-refractivity contribution < 1.29 is 14.6 Å². The first kappa shape index (κ1) is 7.72. The third kappa shape index (κ3) is 2.51. The highest BCUT2D eigenvalue weighted by Gasteiger charge is 2.05. The predicted octanol–water partition coefficient (Wildman–Crippen LogP) is 0.240. The van der Waals surface area contributed by atoms with E-state index in [9.17, 15) is 4.79 Å². The maximum absolute atomic E-state index is 10.3. The van der Waals surface area contributed by atoms with E-state index < -0.39 is 11.7 Å². The molecule has 0 unspecified atom stereocenters. The van der Waals surface area contributed by atoms with Gasteiger partial charge in [-0.1, -0.05) is 0 Å². The smallest absolute Gasteiger partial charge is 0.383 e. The molecule has 0 aliphatic heterocycles. The van der Waals surface area contributed by atoms with Crippen LogP contribution in [0.5, 0.6) is 0 Å². The summed E-state index contributed by atoms with van der Waals surface area (Å²) in [5, 5.41) is 14.7. The fraction of sp³-hybridized carbons (Fsp3) is 0.400. The van der Waals surface area contributed by atoms with Gasteiger partial charge in [0.2, 0.25) is 0 Å². The topological polar surface area (TPSA) is 70.4 Å². The van der Waals surface area contributed by atoms with Gasteiger partial charge in [0, 0.05) is 5.87 Å². The van der Waals surface area contributed by atoms with Gasteiger partial charge in [-0.15, -0.1) is 0 Å². The highest BCUT2D eigenvalue weighted by molar-refractivity contribution is 5.94. The zero-order valence-corrected chi connectivity index (χ0v) is 4.97. The Hall–Kier alpha value is -1.28. The lowest BCUT2D eigenvalue weighted by Crippen LogP contribution is -2.06. The quantitative estimate of drug-likeness (QED) is 0.243. The molecule has 0 saturated heterocycles. The third-order valence-electron chi connectivity index (χ3n) is 0.587. The normalized spacial score (nSPS) is 7.67. The first-order valence-electron chi connectivity index (χ1n) is 2.38. The molecule has 2 N–H and O–H groups in total. The molecule has 0 fully saturated rings. The van der Waals surface area contributed by atoms with Gasteiger partial charge in [0.05, 0.1) is 6.61 Å². The largest absolute Gasteiger partial charge is 0.495 e. The van der Waals surface area contributed by atoms with Crippen LogP contribution in [0.3, 0.4) is 0 Å². The number of carbonyl (C=O) groups excluding carboxylic acids is 1. The summed E-state index contributed by atoms with van der Waals surface area (Å²) in [6, 6.07) is 0. The second kappa shape index (κ2) is 3.69. The molecular formula is C5H7NO3. The molecule has 50 valence electrons. The lowest BCUT2D eigenvalue weighted by atomic mass is 10.6. The zero-order chi connectivity index (χ0) is 7.28. The van der Waals surface area contributed by atoms with Crippen molar-refractivity contribution in [2.24, 2.45) is 0 Å². The molecule has 0 aliphatic carbocycles. The molecule has 0 aromatic carbocycles. The first-order chi connectivity index (χ1) is 4.22. The molecular weight excluding hydrogens is 122 g/mol. The van der Waals surface area contributed by atoms with Gasteiger partial charge in [0.15, 0.2) is 0 Å². The number of esters is 1. The molecule has 0 rings (SSSR count). The second-order valence-electron chi connectivity index (χ2n) is 1.19. The van der Waals surface area contributed by atoms with Crippen molar-refractivity contribution in [2.75, 3.05) is 6.61 Å². The highest BCUT2D eigenvalue weighted by atomic mass is 16.5. The number of hydrogen-bond acceptors (Lipinski definition) is 4. The number of aliphatic hydroxyl groups excluding tert-OH is 1. The van der Waals surface area contributed by atoms with Crippen LogP contribution in [0.25, 0.3) is 0 Å². The van der Waals surface area contributed by atoms with Crippen LogP contribution in [0.1, 0.15) is 6.92 Å². The third-order valence-corrected chi connectivity index (χ3v) is 0.587. The SMILES string of the molecule is CCOC(=O)C(O)=C=N. The van der Waals surface area contributed by atoms with E-state index in [4.69, 9.17) is 10.5 Å². The van der Waals surface area contributed by atoms with Gasteiger partial charge in [-0.3, -0.25) is 5.41 Å². The molecule has 0 spiro atoms. The van der Waals surface area contributed by atoms with Crippen LogP contribution < -0.4 is 0 Å². The summed E-state index contributed by atoms with van der Waals surface area (Å²) in [5.74, 6) is -0.207. The Morgan fingerprint density at radius 2 is 2.44 bits per heavy atom. The molecule has 0 atom stereocenters. The van der Waals surface area contributed by atoms with E-state index in [0.717, 1.165) is 0 Å². The van der Waals surface area contributed by atoms with Crippen molar-refractivity contribution in [1.29, 1.82) is 5.41 Å². The van der Waals surface area contributed by atoms with E-state index in [0.29, 0.717) is 0 Å². The number of hydrogen-bond donors (Lipinski definition) is 2. The Labute approximate surface area is 52.3 Å². The van der Waals surface area contributed by atoms with Crippen LogP contribution in [0.15, 0.2) is 5.76 Å². The summed E-state index contributed by atoms with van der Waals surface area (Å²) in [5.41, 5.74) is 0. The van der Waals surface area contributed by atoms with E-state index in [2.05, 4.69) is 4.74 Å². The van der Waals surface area contributed by atoms with Crippen molar-refractivity contribution >= 4 is 11.8 Å². The summed E-state index contributed by atoms with van der Waals surface area (Å²) >= 11 is 0. The van der Waals surface area contributed by atoms with Gasteiger partial charge >= 0.3 is 5.97 Å². The van der Waals surface area contributed by atoms with Gasteiger partial charge in [0.1, 0.15) is 0 Å². The zero-order valence-electron chi connectivity index (χ0n) is 4.97. The number of aliphatic hydroxyl groups is 1. The average molecular weight is 129 g/mol. The molecule has 0 amide bonds. The summed E-state index contributed by atoms with van der Waals surface area (Å²) in [6.07, 6.45) is 0. The summed E-state index contributed by atoms with van der Waals surface area (Å²) in [4.78, 5) is 10.3. The Morgan fingerprint density at radius 1 is 1.89 bits per heavy atom. The number of carbonyl (C=O) groups is 1. The fourth-order valence-electron chi connectivity index (χ4n) is 0.250. The van der Waals surface area contributed by atoms with Crippen LogP contribution >= 0.6 is 0 Å². The molecule has 9 heavy (non-hydrogen) atoms. The van der Waals surface area contributed by atoms with Gasteiger partial charge in [-0.25, -0.2) is 4.79 Å². The van der Waals surface area contributed by atoms with Gasteiger partial charge in [0.25, 0.3) is 5.76 Å². The van der Waals surface area contributed by atoms with E-state index >= 15 is 0 Å². The van der Waals surface area contributed by atoms with Crippen LogP contribution in [-0.4, -0.2) is 23.6 Å². The van der Waals surface area contributed by atoms with Crippen molar-refractivity contribution in [3.05, 3.63) is 5.76 Å². The second-order valence-corrected chi connectivity index (χ2v) is 1.19. The number of rotatable bonds is 2. The van der Waals surface area contributed by atoms with E-state index in [1.807, 2.05) is 0 Å².